The van der Waals surface area contributed by atoms with E-state index >= 15 is 0 Å². The molecule has 1 aliphatic heterocycles. The molecule has 0 spiro atoms. The summed E-state index contributed by atoms with van der Waals surface area (Å²) in [5, 5.41) is 4.60. The third kappa shape index (κ3) is 4.52. The van der Waals surface area contributed by atoms with Gasteiger partial charge < -0.3 is 14.8 Å². The van der Waals surface area contributed by atoms with Gasteiger partial charge in [0.15, 0.2) is 0 Å². The van der Waals surface area contributed by atoms with Crippen molar-refractivity contribution in [3.8, 4) is 11.5 Å². The maximum atomic E-state index is 14.4. The van der Waals surface area contributed by atoms with Crippen molar-refractivity contribution in [1.82, 2.24) is 9.62 Å². The van der Waals surface area contributed by atoms with E-state index in [0.29, 0.717) is 23.1 Å². The fourth-order valence-electron chi connectivity index (χ4n) is 2.70. The molecule has 0 radical (unpaired) electrons. The fourth-order valence-corrected chi connectivity index (χ4v) is 5.80. The summed E-state index contributed by atoms with van der Waals surface area (Å²) in [6.45, 7) is -0.115. The molecule has 0 aliphatic carbocycles. The summed E-state index contributed by atoms with van der Waals surface area (Å²) >= 11 is 4.13. The van der Waals surface area contributed by atoms with E-state index in [4.69, 9.17) is 9.47 Å². The topological polar surface area (TPSA) is 67.9 Å². The van der Waals surface area contributed by atoms with Crippen molar-refractivity contribution in [3.63, 3.8) is 0 Å². The quantitative estimate of drug-likeness (QED) is 0.572. The van der Waals surface area contributed by atoms with Crippen LogP contribution in [-0.2, 0) is 16.6 Å². The monoisotopic (exact) mass is 506 g/mol. The molecule has 0 saturated heterocycles. The summed E-state index contributed by atoms with van der Waals surface area (Å²) in [4.78, 5) is -0.632. The molecule has 1 N–H and O–H groups in total. The van der Waals surface area contributed by atoms with Gasteiger partial charge in [-0.1, -0.05) is 17.8 Å². The van der Waals surface area contributed by atoms with E-state index in [1.54, 1.807) is 29.8 Å². The number of hydrogen-bond donors (Lipinski definition) is 1. The molecule has 156 valence electrons. The van der Waals surface area contributed by atoms with Crippen LogP contribution in [-0.4, -0.2) is 32.4 Å². The van der Waals surface area contributed by atoms with Crippen LogP contribution in [0.3, 0.4) is 0 Å². The lowest BCUT2D eigenvalue weighted by atomic mass is 10.2. The van der Waals surface area contributed by atoms with Crippen molar-refractivity contribution < 1.29 is 26.7 Å². The molecule has 1 atom stereocenters. The Bertz CT molecular complexity index is 1040. The Labute approximate surface area is 180 Å². The first-order chi connectivity index (χ1) is 13.8. The standard InChI is InChI=1S/C18H17BrF2N2O4S2/c1-26-12-4-3-11(16(7-12)27-2)10-23(18-22-5-6-28-18)29(24,25)17-8-13(19)14(20)9-15(17)21/h3-9,18,22H,10H2,1-2H3. The smallest absolute Gasteiger partial charge is 0.248 e. The van der Waals surface area contributed by atoms with Gasteiger partial charge in [-0.25, -0.2) is 17.2 Å². The molecule has 0 bridgehead atoms. The van der Waals surface area contributed by atoms with Crippen LogP contribution >= 0.6 is 27.7 Å². The number of benzene rings is 2. The van der Waals surface area contributed by atoms with E-state index < -0.39 is 32.1 Å². The highest BCUT2D eigenvalue weighted by Gasteiger charge is 2.35. The van der Waals surface area contributed by atoms with Gasteiger partial charge in [-0.2, -0.15) is 4.31 Å². The summed E-state index contributed by atoms with van der Waals surface area (Å²) in [5.74, 6) is -1.10. The van der Waals surface area contributed by atoms with Crippen LogP contribution in [0.1, 0.15) is 5.56 Å². The Kier molecular flexibility index (Phi) is 6.72. The molecular formula is C18H17BrF2N2O4S2. The average Bonchev–Trinajstić information content (AvgIpc) is 3.22. The van der Waals surface area contributed by atoms with Gasteiger partial charge in [0.25, 0.3) is 0 Å². The minimum absolute atomic E-state index is 0.115. The highest BCUT2D eigenvalue weighted by molar-refractivity contribution is 9.10. The minimum Gasteiger partial charge on any atom is -0.497 e. The van der Waals surface area contributed by atoms with Crippen LogP contribution < -0.4 is 14.8 Å². The molecule has 0 aromatic heterocycles. The first-order valence-corrected chi connectivity index (χ1v) is 11.4. The van der Waals surface area contributed by atoms with Crippen molar-refractivity contribution in [2.75, 3.05) is 14.2 Å². The van der Waals surface area contributed by atoms with Gasteiger partial charge in [0.2, 0.25) is 10.0 Å². The fraction of sp³-hybridized carbons (Fsp3) is 0.222. The van der Waals surface area contributed by atoms with Crippen molar-refractivity contribution in [1.29, 1.82) is 0 Å². The van der Waals surface area contributed by atoms with Gasteiger partial charge in [-0.3, -0.25) is 0 Å². The lowest BCUT2D eigenvalue weighted by Gasteiger charge is -2.28. The second kappa shape index (κ2) is 8.90. The van der Waals surface area contributed by atoms with Crippen LogP contribution in [0.2, 0.25) is 0 Å². The van der Waals surface area contributed by atoms with Crippen molar-refractivity contribution in [2.45, 2.75) is 16.9 Å². The summed E-state index contributed by atoms with van der Waals surface area (Å²) in [5.41, 5.74) is -0.164. The SMILES string of the molecule is COc1ccc(CN(C2NC=CS2)S(=O)(=O)c2cc(Br)c(F)cc2F)c(OC)c1. The van der Waals surface area contributed by atoms with E-state index in [1.165, 1.54) is 26.0 Å². The second-order valence-corrected chi connectivity index (χ2v) is 9.59. The predicted octanol–water partition coefficient (Wildman–Crippen LogP) is 4.03. The van der Waals surface area contributed by atoms with Gasteiger partial charge in [0.1, 0.15) is 33.5 Å². The van der Waals surface area contributed by atoms with Gasteiger partial charge in [0.05, 0.1) is 18.7 Å². The molecule has 29 heavy (non-hydrogen) atoms. The maximum absolute atomic E-state index is 14.4. The third-order valence-corrected chi connectivity index (χ3v) is 7.67. The Balaban J connectivity index is 2.06. The van der Waals surface area contributed by atoms with Gasteiger partial charge in [-0.15, -0.1) is 0 Å². The number of nitrogens with zero attached hydrogens (tertiary/aromatic N) is 1. The van der Waals surface area contributed by atoms with E-state index in [0.717, 1.165) is 10.4 Å². The number of nitrogens with one attached hydrogen (secondary N) is 1. The number of sulfonamides is 1. The zero-order valence-corrected chi connectivity index (χ0v) is 18.6. The lowest BCUT2D eigenvalue weighted by molar-refractivity contribution is 0.351. The molecule has 2 aromatic rings. The van der Waals surface area contributed by atoms with Gasteiger partial charge >= 0.3 is 0 Å². The molecule has 2 aromatic carbocycles. The van der Waals surface area contributed by atoms with E-state index in [1.807, 2.05) is 0 Å². The van der Waals surface area contributed by atoms with E-state index in [9.17, 15) is 17.2 Å². The summed E-state index contributed by atoms with van der Waals surface area (Å²) in [6, 6.07) is 6.43. The molecule has 3 rings (SSSR count). The first-order valence-electron chi connectivity index (χ1n) is 8.21. The number of thioether (sulfide) groups is 1. The predicted molar refractivity (Wildman–Crippen MR) is 110 cm³/mol. The van der Waals surface area contributed by atoms with Crippen LogP contribution in [0.15, 0.2) is 51.3 Å². The maximum Gasteiger partial charge on any atom is 0.248 e. The van der Waals surface area contributed by atoms with Crippen LogP contribution in [0, 0.1) is 11.6 Å². The number of methoxy groups -OCH3 is 2. The molecule has 1 unspecified atom stereocenters. The van der Waals surface area contributed by atoms with Crippen LogP contribution in [0.4, 0.5) is 8.78 Å². The largest absolute Gasteiger partial charge is 0.497 e. The van der Waals surface area contributed by atoms with Gasteiger partial charge in [0, 0.05) is 30.4 Å². The van der Waals surface area contributed by atoms with Crippen LogP contribution in [0.5, 0.6) is 11.5 Å². The Morgan fingerprint density at radius 1 is 1.17 bits per heavy atom. The number of hydrogen-bond acceptors (Lipinski definition) is 6. The highest BCUT2D eigenvalue weighted by Crippen LogP contribution is 2.34. The molecule has 0 fully saturated rings. The van der Waals surface area contributed by atoms with Crippen molar-refractivity contribution >= 4 is 37.7 Å². The van der Waals surface area contributed by atoms with E-state index in [-0.39, 0.29) is 11.0 Å². The van der Waals surface area contributed by atoms with Crippen LogP contribution in [0.25, 0.3) is 0 Å². The number of rotatable bonds is 7. The molecular weight excluding hydrogens is 490 g/mol. The number of ether oxygens (including phenoxy) is 2. The van der Waals surface area contributed by atoms with E-state index in [2.05, 4.69) is 21.2 Å². The van der Waals surface area contributed by atoms with Crippen molar-refractivity contribution in [2.24, 2.45) is 0 Å². The molecule has 0 amide bonds. The first kappa shape index (κ1) is 21.9. The third-order valence-electron chi connectivity index (χ3n) is 4.16. The average molecular weight is 507 g/mol. The highest BCUT2D eigenvalue weighted by atomic mass is 79.9. The molecule has 6 nitrogen and oxygen atoms in total. The molecule has 11 heteroatoms. The summed E-state index contributed by atoms with van der Waals surface area (Å²) in [7, 11) is -1.38. The summed E-state index contributed by atoms with van der Waals surface area (Å²) < 4.78 is 66.1. The minimum atomic E-state index is -4.34. The molecule has 0 saturated carbocycles. The Morgan fingerprint density at radius 3 is 2.55 bits per heavy atom. The second-order valence-electron chi connectivity index (χ2n) is 5.88. The van der Waals surface area contributed by atoms with Gasteiger partial charge in [-0.05, 0) is 33.5 Å². The van der Waals surface area contributed by atoms with Crippen molar-refractivity contribution in [3.05, 3.63) is 63.6 Å². The zero-order chi connectivity index (χ0) is 21.2. The lowest BCUT2D eigenvalue weighted by Crippen LogP contribution is -2.43. The number of halogens is 3. The summed E-state index contributed by atoms with van der Waals surface area (Å²) in [6.07, 6.45) is 1.60. The Hall–Kier alpha value is -1.82. The normalized spacial score (nSPS) is 16.1. The Morgan fingerprint density at radius 2 is 1.93 bits per heavy atom. The molecule has 1 aliphatic rings. The molecule has 1 heterocycles. The zero-order valence-electron chi connectivity index (χ0n) is 15.4.